The minimum atomic E-state index is -0.673. The monoisotopic (exact) mass is 968 g/mol. The molecule has 0 aliphatic rings. The second-order valence-corrected chi connectivity index (χ2v) is 20.7. The van der Waals surface area contributed by atoms with E-state index in [9.17, 15) is 19.8 Å². The van der Waals surface area contributed by atoms with E-state index in [2.05, 4.69) is 67.8 Å². The molecule has 2 atom stereocenters. The van der Waals surface area contributed by atoms with Gasteiger partial charge in [-0.1, -0.05) is 268 Å². The van der Waals surface area contributed by atoms with Gasteiger partial charge >= 0.3 is 5.97 Å². The molecule has 0 aromatic rings. The molecule has 0 fully saturated rings. The van der Waals surface area contributed by atoms with Crippen LogP contribution in [0, 0.1) is 0 Å². The Labute approximate surface area is 429 Å². The first kappa shape index (κ1) is 66.8. The lowest BCUT2D eigenvalue weighted by molar-refractivity contribution is -0.143. The van der Waals surface area contributed by atoms with Crippen LogP contribution in [-0.2, 0) is 14.3 Å². The van der Waals surface area contributed by atoms with Crippen molar-refractivity contribution in [2.45, 2.75) is 328 Å². The number of aliphatic hydroxyl groups excluding tert-OH is 2. The van der Waals surface area contributed by atoms with E-state index >= 15 is 0 Å². The summed E-state index contributed by atoms with van der Waals surface area (Å²) < 4.78 is 5.44. The summed E-state index contributed by atoms with van der Waals surface area (Å²) in [5.74, 6) is -0.0717. The predicted molar refractivity (Wildman–Crippen MR) is 301 cm³/mol. The second kappa shape index (κ2) is 58.4. The first-order valence-electron chi connectivity index (χ1n) is 30.4. The Kier molecular flexibility index (Phi) is 56.5. The Balaban J connectivity index is 3.49. The number of hydrogen-bond acceptors (Lipinski definition) is 5. The van der Waals surface area contributed by atoms with Gasteiger partial charge in [0.1, 0.15) is 0 Å². The van der Waals surface area contributed by atoms with Crippen molar-refractivity contribution in [3.63, 3.8) is 0 Å². The van der Waals surface area contributed by atoms with Crippen molar-refractivity contribution < 1.29 is 24.5 Å². The molecule has 3 N–H and O–H groups in total. The molecule has 0 rings (SSSR count). The van der Waals surface area contributed by atoms with E-state index in [4.69, 9.17) is 4.74 Å². The molecule has 404 valence electrons. The van der Waals surface area contributed by atoms with E-state index in [0.717, 1.165) is 83.5 Å². The molecule has 1 amide bonds. The second-order valence-electron chi connectivity index (χ2n) is 20.7. The van der Waals surface area contributed by atoms with Gasteiger partial charge in [-0.2, -0.15) is 0 Å². The van der Waals surface area contributed by atoms with Crippen molar-refractivity contribution in [1.82, 2.24) is 5.32 Å². The van der Waals surface area contributed by atoms with Gasteiger partial charge in [0.2, 0.25) is 5.91 Å². The Morgan fingerprint density at radius 1 is 0.420 bits per heavy atom. The lowest BCUT2D eigenvalue weighted by Gasteiger charge is -2.22. The maximum absolute atomic E-state index is 12.5. The summed E-state index contributed by atoms with van der Waals surface area (Å²) in [6, 6.07) is -0.551. The zero-order valence-electron chi connectivity index (χ0n) is 46.0. The molecule has 0 aliphatic heterocycles. The molecule has 0 radical (unpaired) electrons. The molecule has 0 bridgehead atoms. The molecular weight excluding hydrogens is 851 g/mol. The van der Waals surface area contributed by atoms with Gasteiger partial charge in [0.15, 0.2) is 0 Å². The fourth-order valence-electron chi connectivity index (χ4n) is 9.18. The van der Waals surface area contributed by atoms with Crippen LogP contribution in [0.5, 0.6) is 0 Å². The van der Waals surface area contributed by atoms with E-state index in [0.29, 0.717) is 25.9 Å². The number of esters is 1. The summed E-state index contributed by atoms with van der Waals surface area (Å²) in [5.41, 5.74) is 0. The molecule has 0 heterocycles. The summed E-state index contributed by atoms with van der Waals surface area (Å²) in [6.45, 7) is 4.88. The average molecular weight is 969 g/mol. The summed E-state index contributed by atoms with van der Waals surface area (Å²) in [5, 5.41) is 23.3. The maximum Gasteiger partial charge on any atom is 0.305 e. The van der Waals surface area contributed by atoms with Crippen LogP contribution in [-0.4, -0.2) is 47.4 Å². The number of unbranched alkanes of at least 4 members (excludes halogenated alkanes) is 38. The van der Waals surface area contributed by atoms with Gasteiger partial charge in [0.25, 0.3) is 0 Å². The molecule has 0 aliphatic carbocycles. The van der Waals surface area contributed by atoms with Gasteiger partial charge in [-0.3, -0.25) is 9.59 Å². The Morgan fingerprint density at radius 2 is 0.783 bits per heavy atom. The first-order chi connectivity index (χ1) is 34.0. The van der Waals surface area contributed by atoms with Gasteiger partial charge < -0.3 is 20.3 Å². The topological polar surface area (TPSA) is 95.9 Å². The molecule has 0 aromatic heterocycles. The summed E-state index contributed by atoms with van der Waals surface area (Å²) >= 11 is 0. The first-order valence-corrected chi connectivity index (χ1v) is 30.4. The van der Waals surface area contributed by atoms with E-state index in [1.54, 1.807) is 0 Å². The molecule has 0 spiro atoms. The van der Waals surface area contributed by atoms with Crippen LogP contribution in [0.3, 0.4) is 0 Å². The molecule has 6 heteroatoms. The van der Waals surface area contributed by atoms with Gasteiger partial charge in [-0.05, 0) is 83.5 Å². The lowest BCUT2D eigenvalue weighted by atomic mass is 10.0. The van der Waals surface area contributed by atoms with Gasteiger partial charge in [0, 0.05) is 12.8 Å². The molecule has 69 heavy (non-hydrogen) atoms. The highest BCUT2D eigenvalue weighted by Gasteiger charge is 2.20. The third kappa shape index (κ3) is 55.0. The highest BCUT2D eigenvalue weighted by Crippen LogP contribution is 2.17. The van der Waals surface area contributed by atoms with Crippen LogP contribution in [0.15, 0.2) is 48.6 Å². The van der Waals surface area contributed by atoms with Crippen LogP contribution in [0.25, 0.3) is 0 Å². The van der Waals surface area contributed by atoms with Crippen LogP contribution in [0.1, 0.15) is 316 Å². The zero-order chi connectivity index (χ0) is 50.0. The Hall–Kier alpha value is -2.18. The van der Waals surface area contributed by atoms with E-state index in [1.165, 1.54) is 199 Å². The van der Waals surface area contributed by atoms with E-state index in [1.807, 2.05) is 0 Å². The van der Waals surface area contributed by atoms with Crippen molar-refractivity contribution in [3.8, 4) is 0 Å². The number of amides is 1. The van der Waals surface area contributed by atoms with Crippen molar-refractivity contribution in [2.24, 2.45) is 0 Å². The van der Waals surface area contributed by atoms with Gasteiger partial charge in [-0.15, -0.1) is 0 Å². The minimum absolute atomic E-state index is 0.0281. The highest BCUT2D eigenvalue weighted by molar-refractivity contribution is 5.76. The van der Waals surface area contributed by atoms with E-state index in [-0.39, 0.29) is 18.5 Å². The minimum Gasteiger partial charge on any atom is -0.466 e. The van der Waals surface area contributed by atoms with Crippen molar-refractivity contribution >= 4 is 11.9 Å². The smallest absolute Gasteiger partial charge is 0.305 e. The quantitative estimate of drug-likeness (QED) is 0.0244. The number of ether oxygens (including phenoxy) is 1. The van der Waals surface area contributed by atoms with Gasteiger partial charge in [-0.25, -0.2) is 0 Å². The number of hydrogen-bond donors (Lipinski definition) is 3. The predicted octanol–water partition coefficient (Wildman–Crippen LogP) is 19.0. The average Bonchev–Trinajstić information content (AvgIpc) is 3.35. The fourth-order valence-corrected chi connectivity index (χ4v) is 9.18. The standard InChI is InChI=1S/C63H117NO5/c1-3-5-7-9-11-13-15-17-19-20-22-25-28-31-35-39-43-47-51-55-61(66)60(59-65)64-62(67)56-52-48-44-40-36-32-29-26-23-21-24-27-30-34-38-42-46-50-54-58-69-63(68)57-53-49-45-41-37-33-18-16-14-12-10-8-6-4-2/h10,12,16,18,27,30,34,38,60-61,65-66H,3-9,11,13-15,17,19-26,28-29,31-33,35-37,39-59H2,1-2H3,(H,64,67)/b12-10-,18-16-,30-27-,38-34-. The third-order valence-electron chi connectivity index (χ3n) is 13.9. The van der Waals surface area contributed by atoms with Crippen LogP contribution < -0.4 is 5.32 Å². The normalized spacial score (nSPS) is 12.9. The summed E-state index contributed by atoms with van der Waals surface area (Å²) in [7, 11) is 0. The Morgan fingerprint density at radius 3 is 1.23 bits per heavy atom. The van der Waals surface area contributed by atoms with Crippen LogP contribution in [0.2, 0.25) is 0 Å². The number of rotatable bonds is 56. The SMILES string of the molecule is CCCC/C=C\C/C=C\CCCCCCCC(=O)OCCCCC/C=C\C=C/CCCCCCCCCCCCC(=O)NC(CO)C(O)CCCCCCCCCCCCCCCCCCCCC. The summed E-state index contributed by atoms with van der Waals surface area (Å²) in [6.07, 6.45) is 73.9. The fraction of sp³-hybridized carbons (Fsp3) is 0.841. The van der Waals surface area contributed by atoms with Crippen LogP contribution >= 0.6 is 0 Å². The molecule has 2 unspecified atom stereocenters. The highest BCUT2D eigenvalue weighted by atomic mass is 16.5. The van der Waals surface area contributed by atoms with Crippen molar-refractivity contribution in [1.29, 1.82) is 0 Å². The number of allylic oxidation sites excluding steroid dienone is 8. The molecular formula is C63H117NO5. The van der Waals surface area contributed by atoms with Crippen molar-refractivity contribution in [2.75, 3.05) is 13.2 Å². The number of aliphatic hydroxyl groups is 2. The third-order valence-corrected chi connectivity index (χ3v) is 13.9. The number of nitrogens with one attached hydrogen (secondary N) is 1. The van der Waals surface area contributed by atoms with Crippen LogP contribution in [0.4, 0.5) is 0 Å². The van der Waals surface area contributed by atoms with E-state index < -0.39 is 12.1 Å². The number of carbonyl (C=O) groups is 2. The molecule has 0 aromatic carbocycles. The largest absolute Gasteiger partial charge is 0.466 e. The maximum atomic E-state index is 12.5. The lowest BCUT2D eigenvalue weighted by Crippen LogP contribution is -2.45. The number of carbonyl (C=O) groups excluding carboxylic acids is 2. The zero-order valence-corrected chi connectivity index (χ0v) is 46.0. The molecule has 0 saturated heterocycles. The van der Waals surface area contributed by atoms with Crippen molar-refractivity contribution in [3.05, 3.63) is 48.6 Å². The Bertz CT molecular complexity index is 1160. The van der Waals surface area contributed by atoms with Gasteiger partial charge in [0.05, 0.1) is 25.4 Å². The molecule has 0 saturated carbocycles. The summed E-state index contributed by atoms with van der Waals surface area (Å²) in [4.78, 5) is 24.5. The molecule has 6 nitrogen and oxygen atoms in total.